The molecule has 6 heteroatoms. The average Bonchev–Trinajstić information content (AvgIpc) is 3.17. The summed E-state index contributed by atoms with van der Waals surface area (Å²) in [5.74, 6) is 1.56. The quantitative estimate of drug-likeness (QED) is 0.439. The molecule has 0 amide bonds. The van der Waals surface area contributed by atoms with E-state index in [1.165, 1.54) is 0 Å². The molecule has 0 saturated carbocycles. The van der Waals surface area contributed by atoms with Gasteiger partial charge in [-0.25, -0.2) is 4.98 Å². The number of halogens is 1. The second kappa shape index (κ2) is 7.60. The maximum absolute atomic E-state index is 6.12. The van der Waals surface area contributed by atoms with Gasteiger partial charge in [-0.15, -0.1) is 10.2 Å². The van der Waals surface area contributed by atoms with E-state index in [2.05, 4.69) is 15.2 Å². The highest BCUT2D eigenvalue weighted by molar-refractivity contribution is 6.31. The molecule has 0 aliphatic carbocycles. The summed E-state index contributed by atoms with van der Waals surface area (Å²) in [6.45, 7) is 2.43. The first-order valence-corrected chi connectivity index (χ1v) is 8.80. The number of nitrogens with zero attached hydrogens (tertiary/aromatic N) is 3. The smallest absolute Gasteiger partial charge is 0.251 e. The van der Waals surface area contributed by atoms with E-state index < -0.39 is 0 Å². The van der Waals surface area contributed by atoms with Crippen LogP contribution < -0.4 is 4.74 Å². The Bertz CT molecular complexity index is 1080. The van der Waals surface area contributed by atoms with E-state index >= 15 is 0 Å². The number of aromatic nitrogens is 3. The van der Waals surface area contributed by atoms with Gasteiger partial charge in [0.1, 0.15) is 17.5 Å². The Morgan fingerprint density at radius 3 is 2.52 bits per heavy atom. The van der Waals surface area contributed by atoms with E-state index in [1.54, 1.807) is 18.3 Å². The number of rotatable bonds is 5. The molecule has 4 aromatic rings. The molecule has 0 radical (unpaired) electrons. The summed E-state index contributed by atoms with van der Waals surface area (Å²) in [5, 5.41) is 8.61. The Balaban J connectivity index is 1.61. The van der Waals surface area contributed by atoms with Crippen LogP contribution in [0.2, 0.25) is 5.15 Å². The summed E-state index contributed by atoms with van der Waals surface area (Å²) in [6, 6.07) is 19.3. The summed E-state index contributed by atoms with van der Waals surface area (Å²) in [6.07, 6.45) is 1.61. The van der Waals surface area contributed by atoms with E-state index in [0.29, 0.717) is 29.1 Å². The monoisotopic (exact) mass is 377 g/mol. The molecule has 5 nitrogen and oxygen atoms in total. The van der Waals surface area contributed by atoms with E-state index in [0.717, 1.165) is 22.4 Å². The molecule has 0 spiro atoms. The van der Waals surface area contributed by atoms with Crippen LogP contribution in [0.15, 0.2) is 71.3 Å². The summed E-state index contributed by atoms with van der Waals surface area (Å²) in [7, 11) is 0. The molecule has 2 aromatic carbocycles. The first-order chi connectivity index (χ1) is 13.2. The molecular weight excluding hydrogens is 362 g/mol. The van der Waals surface area contributed by atoms with Crippen molar-refractivity contribution in [2.24, 2.45) is 0 Å². The van der Waals surface area contributed by atoms with Crippen LogP contribution in [0.4, 0.5) is 0 Å². The maximum atomic E-state index is 6.12. The number of hydrogen-bond donors (Lipinski definition) is 0. The number of ether oxygens (including phenoxy) is 1. The van der Waals surface area contributed by atoms with Crippen molar-refractivity contribution in [3.63, 3.8) is 0 Å². The van der Waals surface area contributed by atoms with Crippen molar-refractivity contribution < 1.29 is 9.15 Å². The Hall–Kier alpha value is -3.18. The summed E-state index contributed by atoms with van der Waals surface area (Å²) < 4.78 is 11.8. The average molecular weight is 378 g/mol. The minimum absolute atomic E-state index is 0.323. The van der Waals surface area contributed by atoms with Gasteiger partial charge in [-0.1, -0.05) is 41.9 Å². The zero-order valence-electron chi connectivity index (χ0n) is 14.6. The lowest BCUT2D eigenvalue weighted by Gasteiger charge is -2.09. The van der Waals surface area contributed by atoms with Gasteiger partial charge in [-0.05, 0) is 42.8 Å². The number of benzene rings is 2. The van der Waals surface area contributed by atoms with Gasteiger partial charge in [0.15, 0.2) is 0 Å². The van der Waals surface area contributed by atoms with Crippen LogP contribution in [0, 0.1) is 6.92 Å². The van der Waals surface area contributed by atoms with E-state index in [9.17, 15) is 0 Å². The molecule has 0 fully saturated rings. The van der Waals surface area contributed by atoms with E-state index in [1.807, 2.05) is 55.5 Å². The van der Waals surface area contributed by atoms with Gasteiger partial charge in [-0.3, -0.25) is 0 Å². The van der Waals surface area contributed by atoms with Gasteiger partial charge < -0.3 is 9.15 Å². The molecule has 4 rings (SSSR count). The van der Waals surface area contributed by atoms with Crippen molar-refractivity contribution in [2.75, 3.05) is 0 Å². The van der Waals surface area contributed by atoms with Crippen LogP contribution in [0.1, 0.15) is 11.1 Å². The van der Waals surface area contributed by atoms with Crippen molar-refractivity contribution in [3.05, 3.63) is 83.1 Å². The molecule has 2 aromatic heterocycles. The Kier molecular flexibility index (Phi) is 4.85. The fourth-order valence-corrected chi connectivity index (χ4v) is 2.91. The third-order valence-corrected chi connectivity index (χ3v) is 4.35. The normalized spacial score (nSPS) is 10.7. The topological polar surface area (TPSA) is 61.0 Å². The third-order valence-electron chi connectivity index (χ3n) is 4.05. The van der Waals surface area contributed by atoms with Crippen molar-refractivity contribution >= 4 is 11.6 Å². The lowest BCUT2D eigenvalue weighted by molar-refractivity contribution is 0.306. The van der Waals surface area contributed by atoms with Crippen LogP contribution in [0.3, 0.4) is 0 Å². The van der Waals surface area contributed by atoms with Gasteiger partial charge in [0, 0.05) is 17.3 Å². The minimum Gasteiger partial charge on any atom is -0.489 e. The van der Waals surface area contributed by atoms with E-state index in [4.69, 9.17) is 20.8 Å². The number of hydrogen-bond acceptors (Lipinski definition) is 5. The van der Waals surface area contributed by atoms with E-state index in [-0.39, 0.29) is 0 Å². The molecule has 134 valence electrons. The first-order valence-electron chi connectivity index (χ1n) is 8.43. The van der Waals surface area contributed by atoms with Crippen molar-refractivity contribution in [1.29, 1.82) is 0 Å². The molecular formula is C21H16ClN3O2. The number of aryl methyl sites for hydroxylation is 1. The molecule has 2 heterocycles. The Labute approximate surface area is 161 Å². The predicted octanol–water partition coefficient (Wildman–Crippen LogP) is 5.34. The Morgan fingerprint density at radius 2 is 1.70 bits per heavy atom. The van der Waals surface area contributed by atoms with Crippen LogP contribution in [0.25, 0.3) is 22.9 Å². The molecule has 0 bridgehead atoms. The van der Waals surface area contributed by atoms with Crippen LogP contribution >= 0.6 is 11.6 Å². The zero-order valence-corrected chi connectivity index (χ0v) is 15.3. The molecule has 27 heavy (non-hydrogen) atoms. The minimum atomic E-state index is 0.323. The van der Waals surface area contributed by atoms with Gasteiger partial charge in [0.05, 0.1) is 5.56 Å². The molecule has 0 atom stereocenters. The van der Waals surface area contributed by atoms with Gasteiger partial charge in [0.2, 0.25) is 5.89 Å². The molecule has 0 aliphatic heterocycles. The fourth-order valence-electron chi connectivity index (χ4n) is 2.71. The second-order valence-corrected chi connectivity index (χ2v) is 6.37. The van der Waals surface area contributed by atoms with Crippen molar-refractivity contribution in [2.45, 2.75) is 13.5 Å². The summed E-state index contributed by atoms with van der Waals surface area (Å²) in [5.41, 5.74) is 3.53. The van der Waals surface area contributed by atoms with Crippen molar-refractivity contribution in [1.82, 2.24) is 15.2 Å². The number of pyridine rings is 1. The SMILES string of the molecule is Cc1cccc(OCc2ccccc2-c2nnc(-c3cccnc3Cl)o2)c1. The maximum Gasteiger partial charge on any atom is 0.251 e. The fraction of sp³-hybridized carbons (Fsp3) is 0.0952. The highest BCUT2D eigenvalue weighted by Crippen LogP contribution is 2.29. The first kappa shape index (κ1) is 17.2. The largest absolute Gasteiger partial charge is 0.489 e. The second-order valence-electron chi connectivity index (χ2n) is 6.02. The molecule has 0 aliphatic rings. The van der Waals surface area contributed by atoms with Crippen LogP contribution in [-0.2, 0) is 6.61 Å². The zero-order chi connectivity index (χ0) is 18.6. The molecule has 0 N–H and O–H groups in total. The lowest BCUT2D eigenvalue weighted by Crippen LogP contribution is -1.98. The third kappa shape index (κ3) is 3.83. The highest BCUT2D eigenvalue weighted by atomic mass is 35.5. The summed E-state index contributed by atoms with van der Waals surface area (Å²) >= 11 is 6.12. The highest BCUT2D eigenvalue weighted by Gasteiger charge is 2.16. The summed E-state index contributed by atoms with van der Waals surface area (Å²) in [4.78, 5) is 4.04. The standard InChI is InChI=1S/C21H16ClN3O2/c1-14-6-4-8-16(12-14)26-13-15-7-2-3-9-17(15)20-24-25-21(27-20)18-10-5-11-23-19(18)22/h2-12H,13H2,1H3. The van der Waals surface area contributed by atoms with Gasteiger partial charge in [0.25, 0.3) is 5.89 Å². The van der Waals surface area contributed by atoms with Gasteiger partial charge >= 0.3 is 0 Å². The molecule has 0 saturated heterocycles. The van der Waals surface area contributed by atoms with Gasteiger partial charge in [-0.2, -0.15) is 0 Å². The van der Waals surface area contributed by atoms with Crippen molar-refractivity contribution in [3.8, 4) is 28.7 Å². The Morgan fingerprint density at radius 1 is 0.926 bits per heavy atom. The van der Waals surface area contributed by atoms with Crippen LogP contribution in [-0.4, -0.2) is 15.2 Å². The lowest BCUT2D eigenvalue weighted by atomic mass is 10.1. The van der Waals surface area contributed by atoms with Crippen LogP contribution in [0.5, 0.6) is 5.75 Å². The molecule has 0 unspecified atom stereocenters. The predicted molar refractivity (Wildman–Crippen MR) is 103 cm³/mol.